The Bertz CT molecular complexity index is 925. The Morgan fingerprint density at radius 1 is 1.18 bits per heavy atom. The van der Waals surface area contributed by atoms with Crippen molar-refractivity contribution in [2.45, 2.75) is 10.9 Å². The monoisotopic (exact) mass is 422 g/mol. The van der Waals surface area contributed by atoms with Crippen molar-refractivity contribution in [3.05, 3.63) is 64.7 Å². The highest BCUT2D eigenvalue weighted by Gasteiger charge is 2.23. The van der Waals surface area contributed by atoms with Crippen LogP contribution >= 0.6 is 11.6 Å². The van der Waals surface area contributed by atoms with Crippen LogP contribution in [0.15, 0.2) is 53.4 Å². The number of nitrogens with one attached hydrogen (secondary N) is 1. The summed E-state index contributed by atoms with van der Waals surface area (Å²) in [4.78, 5) is 15.0. The number of halogens is 1. The van der Waals surface area contributed by atoms with Crippen molar-refractivity contribution >= 4 is 27.3 Å². The van der Waals surface area contributed by atoms with Crippen molar-refractivity contribution in [1.82, 2.24) is 10.2 Å². The summed E-state index contributed by atoms with van der Waals surface area (Å²) in [6.45, 7) is 3.23. The molecule has 2 aromatic rings. The summed E-state index contributed by atoms with van der Waals surface area (Å²) in [6.07, 6.45) is 1.12. The third-order valence-corrected chi connectivity index (χ3v) is 6.08. The zero-order valence-corrected chi connectivity index (χ0v) is 17.2. The van der Waals surface area contributed by atoms with Gasteiger partial charge in [-0.3, -0.25) is 9.69 Å². The van der Waals surface area contributed by atoms with Crippen LogP contribution in [0.5, 0.6) is 0 Å². The summed E-state index contributed by atoms with van der Waals surface area (Å²) in [5.41, 5.74) is 1.37. The minimum absolute atomic E-state index is 0.0248. The molecule has 0 aromatic heterocycles. The molecule has 1 saturated heterocycles. The first-order valence-electron chi connectivity index (χ1n) is 9.00. The molecular formula is C20H23ClN2O4S. The van der Waals surface area contributed by atoms with E-state index in [2.05, 4.69) is 10.2 Å². The summed E-state index contributed by atoms with van der Waals surface area (Å²) >= 11 is 6.01. The minimum Gasteiger partial charge on any atom is -0.379 e. The number of hydrogen-bond donors (Lipinski definition) is 1. The van der Waals surface area contributed by atoms with Gasteiger partial charge in [0.05, 0.1) is 24.2 Å². The Kier molecular flexibility index (Phi) is 6.72. The van der Waals surface area contributed by atoms with Crippen LogP contribution < -0.4 is 5.32 Å². The fraction of sp³-hybridized carbons (Fsp3) is 0.350. The number of carbonyl (C=O) groups is 1. The van der Waals surface area contributed by atoms with E-state index >= 15 is 0 Å². The SMILES string of the molecule is CS(=O)(=O)c1cccc(C(=O)NCC(c2ccc(Cl)cc2)N2CCOCC2)c1. The van der Waals surface area contributed by atoms with Gasteiger partial charge in [0.1, 0.15) is 0 Å². The summed E-state index contributed by atoms with van der Waals surface area (Å²) in [5, 5.41) is 3.60. The van der Waals surface area contributed by atoms with Gasteiger partial charge in [0.2, 0.25) is 0 Å². The third kappa shape index (κ3) is 5.32. The lowest BCUT2D eigenvalue weighted by molar-refractivity contribution is 0.0162. The molecule has 150 valence electrons. The lowest BCUT2D eigenvalue weighted by atomic mass is 10.0. The second-order valence-corrected chi connectivity index (χ2v) is 9.18. The first-order chi connectivity index (χ1) is 13.3. The first-order valence-corrected chi connectivity index (χ1v) is 11.3. The van der Waals surface area contributed by atoms with Crippen molar-refractivity contribution in [1.29, 1.82) is 0 Å². The van der Waals surface area contributed by atoms with Crippen LogP contribution in [0.25, 0.3) is 0 Å². The number of morpholine rings is 1. The van der Waals surface area contributed by atoms with Crippen LogP contribution in [0.2, 0.25) is 5.02 Å². The highest BCUT2D eigenvalue weighted by atomic mass is 35.5. The van der Waals surface area contributed by atoms with Crippen molar-refractivity contribution in [2.75, 3.05) is 39.1 Å². The van der Waals surface area contributed by atoms with Crippen LogP contribution in [0, 0.1) is 0 Å². The molecule has 1 N–H and O–H groups in total. The largest absolute Gasteiger partial charge is 0.379 e. The molecule has 1 aliphatic heterocycles. The van der Waals surface area contributed by atoms with Gasteiger partial charge in [0.25, 0.3) is 5.91 Å². The van der Waals surface area contributed by atoms with E-state index in [1.807, 2.05) is 24.3 Å². The molecule has 6 nitrogen and oxygen atoms in total. The smallest absolute Gasteiger partial charge is 0.251 e. The topological polar surface area (TPSA) is 75.7 Å². The van der Waals surface area contributed by atoms with Gasteiger partial charge in [0.15, 0.2) is 9.84 Å². The maximum absolute atomic E-state index is 12.6. The summed E-state index contributed by atoms with van der Waals surface area (Å²) < 4.78 is 28.9. The van der Waals surface area contributed by atoms with Gasteiger partial charge in [-0.05, 0) is 35.9 Å². The molecule has 1 unspecified atom stereocenters. The van der Waals surface area contributed by atoms with Gasteiger partial charge in [-0.25, -0.2) is 8.42 Å². The van der Waals surface area contributed by atoms with Crippen molar-refractivity contribution in [3.8, 4) is 0 Å². The molecule has 3 rings (SSSR count). The normalized spacial score (nSPS) is 16.5. The van der Waals surface area contributed by atoms with Crippen LogP contribution in [-0.2, 0) is 14.6 Å². The van der Waals surface area contributed by atoms with E-state index in [1.54, 1.807) is 12.1 Å². The van der Waals surface area contributed by atoms with E-state index in [0.29, 0.717) is 30.3 Å². The number of rotatable bonds is 6. The summed E-state index contributed by atoms with van der Waals surface area (Å²) in [6, 6.07) is 13.6. The molecule has 0 radical (unpaired) electrons. The quantitative estimate of drug-likeness (QED) is 0.774. The Morgan fingerprint density at radius 3 is 2.50 bits per heavy atom. The number of benzene rings is 2. The van der Waals surface area contributed by atoms with E-state index in [-0.39, 0.29) is 16.8 Å². The van der Waals surface area contributed by atoms with Crippen molar-refractivity contribution < 1.29 is 17.9 Å². The number of carbonyl (C=O) groups excluding carboxylic acids is 1. The molecule has 1 atom stereocenters. The van der Waals surface area contributed by atoms with E-state index < -0.39 is 9.84 Å². The third-order valence-electron chi connectivity index (χ3n) is 4.72. The highest BCUT2D eigenvalue weighted by Crippen LogP contribution is 2.23. The Labute approximate surface area is 170 Å². The highest BCUT2D eigenvalue weighted by molar-refractivity contribution is 7.90. The summed E-state index contributed by atoms with van der Waals surface area (Å²) in [5.74, 6) is -0.308. The van der Waals surface area contributed by atoms with E-state index in [1.165, 1.54) is 12.1 Å². The summed E-state index contributed by atoms with van der Waals surface area (Å²) in [7, 11) is -3.37. The maximum Gasteiger partial charge on any atom is 0.251 e. The molecule has 0 spiro atoms. The van der Waals surface area contributed by atoms with Crippen LogP contribution in [0.3, 0.4) is 0 Å². The second kappa shape index (κ2) is 9.05. The Hall–Kier alpha value is -1.93. The second-order valence-electron chi connectivity index (χ2n) is 6.73. The van der Waals surface area contributed by atoms with Gasteiger partial charge in [-0.15, -0.1) is 0 Å². The Balaban J connectivity index is 1.76. The zero-order chi connectivity index (χ0) is 20.1. The van der Waals surface area contributed by atoms with E-state index in [0.717, 1.165) is 24.9 Å². The molecule has 0 saturated carbocycles. The molecule has 8 heteroatoms. The number of hydrogen-bond acceptors (Lipinski definition) is 5. The lowest BCUT2D eigenvalue weighted by Crippen LogP contribution is -2.43. The minimum atomic E-state index is -3.37. The fourth-order valence-corrected chi connectivity index (χ4v) is 3.98. The maximum atomic E-state index is 12.6. The molecule has 1 fully saturated rings. The van der Waals surface area contributed by atoms with Crippen molar-refractivity contribution in [3.63, 3.8) is 0 Å². The zero-order valence-electron chi connectivity index (χ0n) is 15.6. The fourth-order valence-electron chi connectivity index (χ4n) is 3.19. The molecule has 0 bridgehead atoms. The molecule has 1 aliphatic rings. The molecule has 28 heavy (non-hydrogen) atoms. The number of nitrogens with zero attached hydrogens (tertiary/aromatic N) is 1. The molecular weight excluding hydrogens is 400 g/mol. The van der Waals surface area contributed by atoms with Gasteiger partial charge < -0.3 is 10.1 Å². The van der Waals surface area contributed by atoms with Gasteiger partial charge in [-0.1, -0.05) is 29.8 Å². The first kappa shape index (κ1) is 20.8. The Morgan fingerprint density at radius 2 is 1.86 bits per heavy atom. The average molecular weight is 423 g/mol. The molecule has 1 amide bonds. The molecule has 2 aromatic carbocycles. The van der Waals surface area contributed by atoms with Gasteiger partial charge in [0, 0.05) is 36.5 Å². The van der Waals surface area contributed by atoms with Crippen LogP contribution in [0.1, 0.15) is 22.0 Å². The standard InChI is InChI=1S/C20H23ClN2O4S/c1-28(25,26)18-4-2-3-16(13-18)20(24)22-14-19(23-9-11-27-12-10-23)15-5-7-17(21)8-6-15/h2-8,13,19H,9-12,14H2,1H3,(H,22,24). The van der Waals surface area contributed by atoms with E-state index in [9.17, 15) is 13.2 Å². The van der Waals surface area contributed by atoms with Crippen molar-refractivity contribution in [2.24, 2.45) is 0 Å². The number of ether oxygens (including phenoxy) is 1. The van der Waals surface area contributed by atoms with Crippen LogP contribution in [0.4, 0.5) is 0 Å². The van der Waals surface area contributed by atoms with E-state index in [4.69, 9.17) is 16.3 Å². The number of sulfone groups is 1. The lowest BCUT2D eigenvalue weighted by Gasteiger charge is -2.35. The molecule has 1 heterocycles. The van der Waals surface area contributed by atoms with Gasteiger partial charge in [-0.2, -0.15) is 0 Å². The number of amides is 1. The predicted octanol–water partition coefficient (Wildman–Crippen LogP) is 2.55. The van der Waals surface area contributed by atoms with Crippen LogP contribution in [-0.4, -0.2) is 58.3 Å². The molecule has 0 aliphatic carbocycles. The van der Waals surface area contributed by atoms with Gasteiger partial charge >= 0.3 is 0 Å². The average Bonchev–Trinajstić information content (AvgIpc) is 2.69. The predicted molar refractivity (Wildman–Crippen MR) is 108 cm³/mol.